The third kappa shape index (κ3) is 3.94. The zero-order valence-electron chi connectivity index (χ0n) is 8.60. The number of carbonyl (C=O) groups is 1. The van der Waals surface area contributed by atoms with Crippen molar-refractivity contribution in [3.63, 3.8) is 0 Å². The van der Waals surface area contributed by atoms with Crippen molar-refractivity contribution in [1.29, 1.82) is 0 Å². The molecule has 1 aromatic carbocycles. The van der Waals surface area contributed by atoms with Crippen LogP contribution in [0.3, 0.4) is 0 Å². The smallest absolute Gasteiger partial charge is 0.405 e. The highest BCUT2D eigenvalue weighted by Crippen LogP contribution is 2.30. The molecular formula is C10H6BrF5O2. The first-order valence-electron chi connectivity index (χ1n) is 4.51. The van der Waals surface area contributed by atoms with E-state index in [-0.39, 0.29) is 5.33 Å². The first-order chi connectivity index (χ1) is 8.24. The lowest BCUT2D eigenvalue weighted by molar-refractivity contribution is -0.274. The van der Waals surface area contributed by atoms with Crippen LogP contribution in [-0.4, -0.2) is 17.5 Å². The SMILES string of the molecule is O=C(CBr)c1cc(C(F)F)ccc1OC(F)(F)F. The standard InChI is InChI=1S/C10H6BrF5O2/c11-4-7(17)6-3-5(9(12)13)1-2-8(6)18-10(14,15)16/h1-3,9H,4H2. The van der Waals surface area contributed by atoms with Crippen molar-refractivity contribution in [2.75, 3.05) is 5.33 Å². The average Bonchev–Trinajstić information content (AvgIpc) is 2.26. The van der Waals surface area contributed by atoms with E-state index in [0.717, 1.165) is 6.07 Å². The summed E-state index contributed by atoms with van der Waals surface area (Å²) < 4.78 is 64.6. The largest absolute Gasteiger partial charge is 0.573 e. The zero-order valence-corrected chi connectivity index (χ0v) is 10.2. The van der Waals surface area contributed by atoms with Crippen molar-refractivity contribution in [1.82, 2.24) is 0 Å². The van der Waals surface area contributed by atoms with Crippen molar-refractivity contribution in [3.05, 3.63) is 29.3 Å². The van der Waals surface area contributed by atoms with Crippen molar-refractivity contribution in [2.45, 2.75) is 12.8 Å². The molecule has 0 aromatic heterocycles. The monoisotopic (exact) mass is 332 g/mol. The van der Waals surface area contributed by atoms with E-state index in [0.29, 0.717) is 12.1 Å². The van der Waals surface area contributed by atoms with Gasteiger partial charge in [-0.05, 0) is 18.2 Å². The van der Waals surface area contributed by atoms with Crippen LogP contribution in [0.2, 0.25) is 0 Å². The molecule has 0 heterocycles. The van der Waals surface area contributed by atoms with Gasteiger partial charge in [0, 0.05) is 5.56 Å². The summed E-state index contributed by atoms with van der Waals surface area (Å²) in [6.45, 7) is 0. The van der Waals surface area contributed by atoms with E-state index >= 15 is 0 Å². The molecule has 2 nitrogen and oxygen atoms in total. The number of benzene rings is 1. The molecule has 0 spiro atoms. The summed E-state index contributed by atoms with van der Waals surface area (Å²) in [6, 6.07) is 2.16. The van der Waals surface area contributed by atoms with Crippen LogP contribution in [0.5, 0.6) is 5.75 Å². The predicted octanol–water partition coefficient (Wildman–Crippen LogP) is 4.10. The normalized spacial score (nSPS) is 11.7. The van der Waals surface area contributed by atoms with Gasteiger partial charge < -0.3 is 4.74 Å². The van der Waals surface area contributed by atoms with E-state index in [1.165, 1.54) is 0 Å². The third-order valence-corrected chi connectivity index (χ3v) is 2.41. The Morgan fingerprint density at radius 2 is 1.94 bits per heavy atom. The molecule has 0 aliphatic heterocycles. The van der Waals surface area contributed by atoms with Gasteiger partial charge in [-0.3, -0.25) is 4.79 Å². The van der Waals surface area contributed by atoms with Crippen molar-refractivity contribution >= 4 is 21.7 Å². The van der Waals surface area contributed by atoms with Crippen LogP contribution >= 0.6 is 15.9 Å². The van der Waals surface area contributed by atoms with E-state index in [2.05, 4.69) is 20.7 Å². The highest BCUT2D eigenvalue weighted by Gasteiger charge is 2.33. The molecule has 0 N–H and O–H groups in total. The van der Waals surface area contributed by atoms with Gasteiger partial charge in [0.25, 0.3) is 6.43 Å². The van der Waals surface area contributed by atoms with Crippen LogP contribution in [0.15, 0.2) is 18.2 Å². The van der Waals surface area contributed by atoms with Crippen LogP contribution in [0.4, 0.5) is 22.0 Å². The molecule has 0 fully saturated rings. The van der Waals surface area contributed by atoms with E-state index in [1.807, 2.05) is 0 Å². The summed E-state index contributed by atoms with van der Waals surface area (Å²) in [5.74, 6) is -1.58. The Bertz CT molecular complexity index is 444. The quantitative estimate of drug-likeness (QED) is 0.471. The summed E-state index contributed by atoms with van der Waals surface area (Å²) in [7, 11) is 0. The molecule has 1 aromatic rings. The lowest BCUT2D eigenvalue weighted by Crippen LogP contribution is -2.19. The van der Waals surface area contributed by atoms with Gasteiger partial charge in [0.15, 0.2) is 5.78 Å². The van der Waals surface area contributed by atoms with Gasteiger partial charge in [0.05, 0.1) is 10.9 Å². The second kappa shape index (κ2) is 5.64. The Balaban J connectivity index is 3.21. The van der Waals surface area contributed by atoms with Crippen LogP contribution in [0.25, 0.3) is 0 Å². The number of halogens is 6. The van der Waals surface area contributed by atoms with Gasteiger partial charge in [-0.1, -0.05) is 15.9 Å². The topological polar surface area (TPSA) is 26.3 Å². The maximum absolute atomic E-state index is 12.4. The molecule has 0 radical (unpaired) electrons. The van der Waals surface area contributed by atoms with Crippen LogP contribution in [0, 0.1) is 0 Å². The lowest BCUT2D eigenvalue weighted by atomic mass is 10.1. The number of ketones is 1. The Morgan fingerprint density at radius 3 is 2.39 bits per heavy atom. The Labute approximate surface area is 107 Å². The van der Waals surface area contributed by atoms with E-state index in [1.54, 1.807) is 0 Å². The molecule has 18 heavy (non-hydrogen) atoms. The number of hydrogen-bond donors (Lipinski definition) is 0. The summed E-state index contributed by atoms with van der Waals surface area (Å²) >= 11 is 2.75. The van der Waals surface area contributed by atoms with Crippen LogP contribution in [0.1, 0.15) is 22.3 Å². The number of rotatable bonds is 4. The van der Waals surface area contributed by atoms with Gasteiger partial charge in [0.1, 0.15) is 5.75 Å². The number of carbonyl (C=O) groups excluding carboxylic acids is 1. The first kappa shape index (κ1) is 14.9. The lowest BCUT2D eigenvalue weighted by Gasteiger charge is -2.13. The minimum atomic E-state index is -4.99. The Hall–Kier alpha value is -1.18. The number of alkyl halides is 6. The summed E-state index contributed by atoms with van der Waals surface area (Å²) in [6.07, 6.45) is -7.87. The van der Waals surface area contributed by atoms with Gasteiger partial charge in [-0.25, -0.2) is 8.78 Å². The fourth-order valence-electron chi connectivity index (χ4n) is 1.19. The zero-order chi connectivity index (χ0) is 13.9. The summed E-state index contributed by atoms with van der Waals surface area (Å²) in [4.78, 5) is 11.4. The molecular weight excluding hydrogens is 327 g/mol. The van der Waals surface area contributed by atoms with Crippen molar-refractivity contribution in [2.24, 2.45) is 0 Å². The first-order valence-corrected chi connectivity index (χ1v) is 5.63. The number of Topliss-reactive ketones (excluding diaryl/α,β-unsaturated/α-hetero) is 1. The van der Waals surface area contributed by atoms with Crippen molar-refractivity contribution in [3.8, 4) is 5.75 Å². The molecule has 0 saturated heterocycles. The second-order valence-corrected chi connectivity index (χ2v) is 3.72. The molecule has 0 aliphatic rings. The fraction of sp³-hybridized carbons (Fsp3) is 0.300. The minimum Gasteiger partial charge on any atom is -0.405 e. The molecule has 0 amide bonds. The number of ether oxygens (including phenoxy) is 1. The molecule has 0 atom stereocenters. The molecule has 0 aliphatic carbocycles. The van der Waals surface area contributed by atoms with Crippen LogP contribution in [-0.2, 0) is 0 Å². The number of hydrogen-bond acceptors (Lipinski definition) is 2. The summed E-state index contributed by atoms with van der Waals surface area (Å²) in [5.41, 5.74) is -1.09. The van der Waals surface area contributed by atoms with E-state index in [4.69, 9.17) is 0 Å². The maximum Gasteiger partial charge on any atom is 0.573 e. The Kier molecular flexibility index (Phi) is 4.66. The van der Waals surface area contributed by atoms with Gasteiger partial charge >= 0.3 is 6.36 Å². The second-order valence-electron chi connectivity index (χ2n) is 3.16. The molecule has 100 valence electrons. The highest BCUT2D eigenvalue weighted by atomic mass is 79.9. The molecule has 0 bridgehead atoms. The Morgan fingerprint density at radius 1 is 1.33 bits per heavy atom. The molecule has 0 saturated carbocycles. The molecule has 8 heteroatoms. The third-order valence-electron chi connectivity index (χ3n) is 1.90. The molecule has 0 unspecified atom stereocenters. The van der Waals surface area contributed by atoms with Gasteiger partial charge in [-0.2, -0.15) is 0 Å². The van der Waals surface area contributed by atoms with Crippen molar-refractivity contribution < 1.29 is 31.5 Å². The van der Waals surface area contributed by atoms with Gasteiger partial charge in [0.2, 0.25) is 0 Å². The molecule has 1 rings (SSSR count). The van der Waals surface area contributed by atoms with Gasteiger partial charge in [-0.15, -0.1) is 13.2 Å². The van der Waals surface area contributed by atoms with E-state index in [9.17, 15) is 26.7 Å². The maximum atomic E-state index is 12.4. The summed E-state index contributed by atoms with van der Waals surface area (Å²) in [5, 5.41) is -0.298. The predicted molar refractivity (Wildman–Crippen MR) is 56.2 cm³/mol. The minimum absolute atomic E-state index is 0.298. The van der Waals surface area contributed by atoms with E-state index < -0.39 is 35.4 Å². The fourth-order valence-corrected chi connectivity index (χ4v) is 1.49. The van der Waals surface area contributed by atoms with Crippen LogP contribution < -0.4 is 4.74 Å². The average molecular weight is 333 g/mol. The highest BCUT2D eigenvalue weighted by molar-refractivity contribution is 9.09.